The number of nitrogens with zero attached hydrogens (tertiary/aromatic N) is 1. The van der Waals surface area contributed by atoms with Gasteiger partial charge in [0.2, 0.25) is 0 Å². The van der Waals surface area contributed by atoms with Crippen molar-refractivity contribution < 1.29 is 24.3 Å². The van der Waals surface area contributed by atoms with E-state index in [4.69, 9.17) is 5.11 Å². The summed E-state index contributed by atoms with van der Waals surface area (Å²) >= 11 is 0. The molecule has 0 radical (unpaired) electrons. The molecule has 0 aliphatic rings. The number of methoxy groups -OCH3 is 1. The van der Waals surface area contributed by atoms with Crippen molar-refractivity contribution in [2.75, 3.05) is 7.11 Å². The van der Waals surface area contributed by atoms with Crippen molar-refractivity contribution in [3.05, 3.63) is 30.2 Å². The number of carbonyl (C=O) groups is 2. The van der Waals surface area contributed by atoms with Crippen LogP contribution in [0.5, 0.6) is 0 Å². The summed E-state index contributed by atoms with van der Waals surface area (Å²) in [7, 11) is 1.31. The quantitative estimate of drug-likeness (QED) is 0.229. The van der Waals surface area contributed by atoms with Gasteiger partial charge >= 0.3 is 11.9 Å². The van der Waals surface area contributed by atoms with E-state index in [0.717, 1.165) is 25.0 Å². The Morgan fingerprint density at radius 2 is 1.77 bits per heavy atom. The van der Waals surface area contributed by atoms with E-state index in [1.54, 1.807) is 0 Å². The maximum Gasteiger partial charge on any atom is 0.329 e. The van der Waals surface area contributed by atoms with Gasteiger partial charge < -0.3 is 14.7 Å². The molecule has 1 unspecified atom stereocenters. The predicted molar refractivity (Wildman–Crippen MR) is 85.1 cm³/mol. The molecule has 0 rings (SSSR count). The van der Waals surface area contributed by atoms with Crippen molar-refractivity contribution in [2.45, 2.75) is 52.1 Å². The summed E-state index contributed by atoms with van der Waals surface area (Å²) in [5.74, 6) is -1.37. The molecular formula is C15H27NO6. The van der Waals surface area contributed by atoms with E-state index in [0.29, 0.717) is 0 Å². The van der Waals surface area contributed by atoms with Gasteiger partial charge in [-0.2, -0.15) is 0 Å². The van der Waals surface area contributed by atoms with Crippen LogP contribution in [0.3, 0.4) is 0 Å². The van der Waals surface area contributed by atoms with E-state index in [9.17, 15) is 14.5 Å². The van der Waals surface area contributed by atoms with Gasteiger partial charge in [-0.25, -0.2) is 9.59 Å². The lowest BCUT2D eigenvalue weighted by atomic mass is 10.1. The zero-order chi connectivity index (χ0) is 17.8. The van der Waals surface area contributed by atoms with Gasteiger partial charge in [-0.3, -0.25) is 0 Å². The topological polar surface area (TPSA) is 102 Å². The molecule has 0 heterocycles. The highest BCUT2D eigenvalue weighted by molar-refractivity contribution is 5.80. The van der Waals surface area contributed by atoms with Crippen LogP contribution in [0.15, 0.2) is 30.7 Å². The van der Waals surface area contributed by atoms with Gasteiger partial charge in [-0.15, -0.1) is 4.91 Å². The Morgan fingerprint density at radius 1 is 1.23 bits per heavy atom. The highest BCUT2D eigenvalue weighted by atomic mass is 16.7. The van der Waals surface area contributed by atoms with Gasteiger partial charge in [0, 0.05) is 12.2 Å². The average Bonchev–Trinajstić information content (AvgIpc) is 2.52. The largest absolute Gasteiger partial charge is 0.478 e. The Balaban J connectivity index is -0.000000277. The third-order valence-corrected chi connectivity index (χ3v) is 2.23. The van der Waals surface area contributed by atoms with Crippen LogP contribution in [-0.2, 0) is 19.2 Å². The zero-order valence-corrected chi connectivity index (χ0v) is 13.6. The Kier molecular flexibility index (Phi) is 23.8. The van der Waals surface area contributed by atoms with Crippen molar-refractivity contribution in [1.29, 1.82) is 0 Å². The second-order valence-corrected chi connectivity index (χ2v) is 4.11. The van der Waals surface area contributed by atoms with Gasteiger partial charge in [-0.1, -0.05) is 39.3 Å². The van der Waals surface area contributed by atoms with Crippen LogP contribution in [0.1, 0.15) is 46.0 Å². The molecule has 0 amide bonds. The molecule has 7 nitrogen and oxygen atoms in total. The maximum atomic E-state index is 9.84. The molecule has 0 aromatic heterocycles. The van der Waals surface area contributed by atoms with Gasteiger partial charge in [-0.05, 0) is 19.8 Å². The van der Waals surface area contributed by atoms with Gasteiger partial charge in [0.05, 0.1) is 7.11 Å². The molecule has 0 spiro atoms. The van der Waals surface area contributed by atoms with Crippen LogP contribution in [0.25, 0.3) is 0 Å². The third-order valence-electron chi connectivity index (χ3n) is 2.23. The lowest BCUT2D eigenvalue weighted by Gasteiger charge is -2.05. The molecule has 0 aromatic carbocycles. The van der Waals surface area contributed by atoms with Crippen LogP contribution in [0, 0.1) is 4.91 Å². The van der Waals surface area contributed by atoms with E-state index in [1.165, 1.54) is 26.4 Å². The SMILES string of the molecule is C=CC(=O)O.C=CC(=O)OC.CCCCCCC(C)ON=O. The standard InChI is InChI=1S/C8H17NO2.C4H6O2.C3H4O2/c1-3-4-5-6-7-8(2)11-9-10;1-3-4(5)6-2;1-2-3(4)5/h8H,3-7H2,1-2H3;3H,1H2,2H3;2H,1H2,(H,4,5). The Hall–Kier alpha value is -2.18. The number of hydrogen-bond donors (Lipinski definition) is 1. The van der Waals surface area contributed by atoms with Crippen molar-refractivity contribution in [2.24, 2.45) is 5.34 Å². The number of hydrogen-bond acceptors (Lipinski definition) is 6. The van der Waals surface area contributed by atoms with Gasteiger partial charge in [0.1, 0.15) is 6.10 Å². The monoisotopic (exact) mass is 317 g/mol. The summed E-state index contributed by atoms with van der Waals surface area (Å²) in [5.41, 5.74) is 0. The smallest absolute Gasteiger partial charge is 0.329 e. The van der Waals surface area contributed by atoms with Gasteiger partial charge in [0.15, 0.2) is 5.34 Å². The number of ether oxygens (including phenoxy) is 1. The minimum absolute atomic E-state index is 0.00986. The fourth-order valence-electron chi connectivity index (χ4n) is 1.07. The van der Waals surface area contributed by atoms with Crippen molar-refractivity contribution in [3.63, 3.8) is 0 Å². The van der Waals surface area contributed by atoms with Crippen LogP contribution >= 0.6 is 0 Å². The molecule has 0 saturated carbocycles. The molecule has 128 valence electrons. The molecule has 0 aliphatic heterocycles. The zero-order valence-electron chi connectivity index (χ0n) is 13.6. The number of aliphatic carboxylic acids is 1. The number of esters is 1. The fraction of sp³-hybridized carbons (Fsp3) is 0.600. The first kappa shape index (κ1) is 24.8. The number of unbranched alkanes of at least 4 members (excludes halogenated alkanes) is 3. The highest BCUT2D eigenvalue weighted by Crippen LogP contribution is 2.07. The number of carboxylic acid groups (broad SMARTS) is 1. The van der Waals surface area contributed by atoms with E-state index in [1.807, 2.05) is 6.92 Å². The number of carboxylic acids is 1. The summed E-state index contributed by atoms with van der Waals surface area (Å²) in [6.45, 7) is 10.2. The fourth-order valence-corrected chi connectivity index (χ4v) is 1.07. The van der Waals surface area contributed by atoms with Crippen molar-refractivity contribution >= 4 is 11.9 Å². The van der Waals surface area contributed by atoms with Gasteiger partial charge in [0.25, 0.3) is 0 Å². The first-order chi connectivity index (χ1) is 10.4. The van der Waals surface area contributed by atoms with Crippen molar-refractivity contribution in [3.8, 4) is 0 Å². The Morgan fingerprint density at radius 3 is 2.05 bits per heavy atom. The molecule has 0 saturated heterocycles. The molecule has 0 bridgehead atoms. The lowest BCUT2D eigenvalue weighted by Crippen LogP contribution is -2.02. The molecular weight excluding hydrogens is 290 g/mol. The molecule has 1 N–H and O–H groups in total. The minimum Gasteiger partial charge on any atom is -0.478 e. The summed E-state index contributed by atoms with van der Waals surface area (Å²) in [6, 6.07) is 0. The molecule has 0 fully saturated rings. The summed E-state index contributed by atoms with van der Waals surface area (Å²) in [6.07, 6.45) is 7.73. The second-order valence-electron chi connectivity index (χ2n) is 4.11. The predicted octanol–water partition coefficient (Wildman–Crippen LogP) is 3.65. The molecule has 0 aromatic rings. The van der Waals surface area contributed by atoms with Crippen LogP contribution in [-0.4, -0.2) is 30.3 Å². The first-order valence-corrected chi connectivity index (χ1v) is 6.93. The highest BCUT2D eigenvalue weighted by Gasteiger charge is 2.00. The summed E-state index contributed by atoms with van der Waals surface area (Å²) in [4.78, 5) is 33.2. The summed E-state index contributed by atoms with van der Waals surface area (Å²) in [5, 5.41) is 9.99. The Labute approximate surface area is 131 Å². The van der Waals surface area contributed by atoms with E-state index >= 15 is 0 Å². The average molecular weight is 317 g/mol. The number of carbonyl (C=O) groups excluding carboxylic acids is 1. The molecule has 7 heteroatoms. The maximum absolute atomic E-state index is 9.84. The lowest BCUT2D eigenvalue weighted by molar-refractivity contribution is -0.135. The van der Waals surface area contributed by atoms with E-state index in [2.05, 4.69) is 35.0 Å². The van der Waals surface area contributed by atoms with Crippen LogP contribution in [0.4, 0.5) is 0 Å². The van der Waals surface area contributed by atoms with Crippen molar-refractivity contribution in [1.82, 2.24) is 0 Å². The van der Waals surface area contributed by atoms with Crippen LogP contribution < -0.4 is 0 Å². The second kappa shape index (κ2) is 21.1. The first-order valence-electron chi connectivity index (χ1n) is 6.93. The molecule has 0 aliphatic carbocycles. The van der Waals surface area contributed by atoms with E-state index in [-0.39, 0.29) is 6.10 Å². The minimum atomic E-state index is -0.981. The molecule has 1 atom stereocenters. The van der Waals surface area contributed by atoms with E-state index < -0.39 is 11.9 Å². The normalized spacial score (nSPS) is 9.59. The summed E-state index contributed by atoms with van der Waals surface area (Å²) < 4.78 is 4.14. The molecule has 22 heavy (non-hydrogen) atoms. The third kappa shape index (κ3) is 30.7. The Bertz CT molecular complexity index is 317. The van der Waals surface area contributed by atoms with Crippen LogP contribution in [0.2, 0.25) is 0 Å². The number of rotatable bonds is 9.